The topological polar surface area (TPSA) is 63.0 Å². The second-order valence-electron chi connectivity index (χ2n) is 6.88. The van der Waals surface area contributed by atoms with Gasteiger partial charge in [0.25, 0.3) is 0 Å². The van der Waals surface area contributed by atoms with Crippen molar-refractivity contribution in [1.82, 2.24) is 29.4 Å². The third-order valence-corrected chi connectivity index (χ3v) is 5.59. The van der Waals surface area contributed by atoms with Crippen LogP contribution in [0.2, 0.25) is 0 Å². The normalized spacial score (nSPS) is 23.0. The zero-order chi connectivity index (χ0) is 17.0. The molecule has 0 aromatic carbocycles. The van der Waals surface area contributed by atoms with Crippen LogP contribution in [0.3, 0.4) is 0 Å². The summed E-state index contributed by atoms with van der Waals surface area (Å²) < 4.78 is 2.98. The highest BCUT2D eigenvalue weighted by Gasteiger charge is 2.46. The molecule has 3 aromatic rings. The molecule has 6 heterocycles. The van der Waals surface area contributed by atoms with Crippen molar-refractivity contribution in [2.45, 2.75) is 25.0 Å². The summed E-state index contributed by atoms with van der Waals surface area (Å²) in [7, 11) is 1.97. The Morgan fingerprint density at radius 3 is 2.80 bits per heavy atom. The highest BCUT2D eigenvalue weighted by Crippen LogP contribution is 2.38. The van der Waals surface area contributed by atoms with E-state index in [-0.39, 0.29) is 0 Å². The molecule has 128 valence electrons. The molecule has 3 aliphatic rings. The van der Waals surface area contributed by atoms with E-state index in [0.717, 1.165) is 41.1 Å². The monoisotopic (exact) mass is 399 g/mol. The molecule has 8 heteroatoms. The van der Waals surface area contributed by atoms with Crippen LogP contribution in [0, 0.1) is 0 Å². The third-order valence-electron chi connectivity index (χ3n) is 5.16. The van der Waals surface area contributed by atoms with Gasteiger partial charge >= 0.3 is 0 Å². The Kier molecular flexibility index (Phi) is 3.49. The molecular formula is C17H18BrN7. The summed E-state index contributed by atoms with van der Waals surface area (Å²) in [5.74, 6) is 0.982. The zero-order valence-electron chi connectivity index (χ0n) is 13.9. The quantitative estimate of drug-likeness (QED) is 0.670. The van der Waals surface area contributed by atoms with Crippen LogP contribution in [-0.2, 0) is 13.6 Å². The summed E-state index contributed by atoms with van der Waals surface area (Å²) in [6, 6.07) is 3.14. The predicted octanol–water partition coefficient (Wildman–Crippen LogP) is 1.98. The number of piperidine rings is 1. The van der Waals surface area contributed by atoms with Gasteiger partial charge in [-0.25, -0.2) is 15.0 Å². The van der Waals surface area contributed by atoms with Crippen molar-refractivity contribution in [3.63, 3.8) is 0 Å². The van der Waals surface area contributed by atoms with Crippen molar-refractivity contribution in [2.75, 3.05) is 18.0 Å². The van der Waals surface area contributed by atoms with Crippen LogP contribution in [0.5, 0.6) is 0 Å². The molecule has 0 aliphatic carbocycles. The Morgan fingerprint density at radius 1 is 1.16 bits per heavy atom. The van der Waals surface area contributed by atoms with Gasteiger partial charge in [0.1, 0.15) is 6.33 Å². The summed E-state index contributed by atoms with van der Waals surface area (Å²) >= 11 is 3.50. The van der Waals surface area contributed by atoms with E-state index in [0.29, 0.717) is 12.1 Å². The lowest BCUT2D eigenvalue weighted by Crippen LogP contribution is -2.69. The summed E-state index contributed by atoms with van der Waals surface area (Å²) in [4.78, 5) is 22.6. The second-order valence-corrected chi connectivity index (χ2v) is 7.80. The SMILES string of the molecule is Cn1cnc2c(N3C4CC3CN(Cc3cncc(Br)c3)C4)ncnc21. The van der Waals surface area contributed by atoms with E-state index in [1.165, 1.54) is 12.0 Å². The van der Waals surface area contributed by atoms with Crippen molar-refractivity contribution in [2.24, 2.45) is 7.05 Å². The zero-order valence-corrected chi connectivity index (χ0v) is 15.5. The standard InChI is InChI=1S/C17H18BrN7/c1-23-10-22-15-16(23)20-9-21-17(15)25-13-3-14(25)8-24(7-13)6-11-2-12(18)5-19-4-11/h2,4-5,9-10,13-14H,3,6-8H2,1H3. The summed E-state index contributed by atoms with van der Waals surface area (Å²) in [5.41, 5.74) is 3.05. The molecular weight excluding hydrogens is 382 g/mol. The van der Waals surface area contributed by atoms with E-state index >= 15 is 0 Å². The van der Waals surface area contributed by atoms with E-state index in [9.17, 15) is 0 Å². The molecule has 0 N–H and O–H groups in total. The minimum absolute atomic E-state index is 0.499. The fraction of sp³-hybridized carbons (Fsp3) is 0.412. The number of nitrogens with zero attached hydrogens (tertiary/aromatic N) is 7. The molecule has 3 saturated heterocycles. The minimum atomic E-state index is 0.499. The van der Waals surface area contributed by atoms with Crippen molar-refractivity contribution in [3.8, 4) is 0 Å². The number of piperazine rings is 1. The Bertz CT molecular complexity index is 928. The van der Waals surface area contributed by atoms with Crippen LogP contribution in [0.1, 0.15) is 12.0 Å². The number of imidazole rings is 1. The summed E-state index contributed by atoms with van der Waals surface area (Å²) in [5, 5.41) is 0. The van der Waals surface area contributed by atoms with Gasteiger partial charge < -0.3 is 9.47 Å². The van der Waals surface area contributed by atoms with Crippen LogP contribution in [0.15, 0.2) is 35.6 Å². The first kappa shape index (κ1) is 15.2. The van der Waals surface area contributed by atoms with Gasteiger partial charge in [0, 0.05) is 55.6 Å². The smallest absolute Gasteiger partial charge is 0.165 e. The average Bonchev–Trinajstić information content (AvgIpc) is 2.97. The van der Waals surface area contributed by atoms with E-state index in [1.807, 2.05) is 30.3 Å². The second kappa shape index (κ2) is 5.74. The molecule has 2 atom stereocenters. The lowest BCUT2D eigenvalue weighted by atomic mass is 9.87. The maximum atomic E-state index is 4.55. The highest BCUT2D eigenvalue weighted by atomic mass is 79.9. The molecule has 0 saturated carbocycles. The lowest BCUT2D eigenvalue weighted by Gasteiger charge is -2.57. The van der Waals surface area contributed by atoms with Crippen LogP contribution in [-0.4, -0.2) is 54.6 Å². The van der Waals surface area contributed by atoms with E-state index in [4.69, 9.17) is 0 Å². The number of aromatic nitrogens is 5. The van der Waals surface area contributed by atoms with Gasteiger partial charge in [-0.05, 0) is 34.0 Å². The van der Waals surface area contributed by atoms with Gasteiger partial charge in [-0.2, -0.15) is 0 Å². The largest absolute Gasteiger partial charge is 0.346 e. The first-order chi connectivity index (χ1) is 12.2. The van der Waals surface area contributed by atoms with E-state index in [1.54, 1.807) is 6.33 Å². The molecule has 0 spiro atoms. The number of aryl methyl sites for hydroxylation is 1. The molecule has 0 amide bonds. The Morgan fingerprint density at radius 2 is 2.00 bits per heavy atom. The average molecular weight is 400 g/mol. The van der Waals surface area contributed by atoms with Crippen LogP contribution in [0.4, 0.5) is 5.82 Å². The van der Waals surface area contributed by atoms with Gasteiger partial charge in [0.15, 0.2) is 17.0 Å². The molecule has 25 heavy (non-hydrogen) atoms. The number of hydrogen-bond donors (Lipinski definition) is 0. The maximum absolute atomic E-state index is 4.55. The number of hydrogen-bond acceptors (Lipinski definition) is 6. The fourth-order valence-corrected chi connectivity index (χ4v) is 4.51. The Balaban J connectivity index is 1.36. The van der Waals surface area contributed by atoms with Crippen molar-refractivity contribution in [3.05, 3.63) is 41.2 Å². The van der Waals surface area contributed by atoms with Crippen molar-refractivity contribution < 1.29 is 0 Å². The summed E-state index contributed by atoms with van der Waals surface area (Å²) in [6.45, 7) is 3.03. The van der Waals surface area contributed by atoms with E-state index in [2.05, 4.69) is 51.7 Å². The van der Waals surface area contributed by atoms with Crippen molar-refractivity contribution in [1.29, 1.82) is 0 Å². The van der Waals surface area contributed by atoms with Crippen LogP contribution < -0.4 is 4.90 Å². The van der Waals surface area contributed by atoms with Crippen LogP contribution >= 0.6 is 15.9 Å². The molecule has 3 aromatic heterocycles. The van der Waals surface area contributed by atoms with Crippen molar-refractivity contribution >= 4 is 32.9 Å². The Labute approximate surface area is 153 Å². The predicted molar refractivity (Wildman–Crippen MR) is 98.2 cm³/mol. The number of pyridine rings is 1. The fourth-order valence-electron chi connectivity index (χ4n) is 4.09. The first-order valence-corrected chi connectivity index (χ1v) is 9.20. The molecule has 2 bridgehead atoms. The van der Waals surface area contributed by atoms with Gasteiger partial charge in [0.2, 0.25) is 0 Å². The lowest BCUT2D eigenvalue weighted by molar-refractivity contribution is 0.108. The number of rotatable bonds is 3. The summed E-state index contributed by atoms with van der Waals surface area (Å²) in [6.07, 6.45) is 8.46. The molecule has 7 nitrogen and oxygen atoms in total. The minimum Gasteiger partial charge on any atom is -0.346 e. The molecule has 3 aliphatic heterocycles. The van der Waals surface area contributed by atoms with Gasteiger partial charge in [-0.15, -0.1) is 0 Å². The number of fused-ring (bicyclic) bond motifs is 3. The first-order valence-electron chi connectivity index (χ1n) is 8.41. The molecule has 3 fully saturated rings. The van der Waals surface area contributed by atoms with Gasteiger partial charge in [0.05, 0.1) is 6.33 Å². The van der Waals surface area contributed by atoms with Gasteiger partial charge in [-0.1, -0.05) is 0 Å². The molecule has 2 unspecified atom stereocenters. The van der Waals surface area contributed by atoms with E-state index < -0.39 is 0 Å². The third kappa shape index (κ3) is 2.51. The molecule has 6 rings (SSSR count). The maximum Gasteiger partial charge on any atom is 0.165 e. The number of anilines is 1. The van der Waals surface area contributed by atoms with Gasteiger partial charge in [-0.3, -0.25) is 9.88 Å². The number of halogens is 1. The van der Waals surface area contributed by atoms with Crippen LogP contribution in [0.25, 0.3) is 11.2 Å². The molecule has 0 radical (unpaired) electrons. The highest BCUT2D eigenvalue weighted by molar-refractivity contribution is 9.10. The Hall–Kier alpha value is -2.06.